The quantitative estimate of drug-likeness (QED) is 0.544. The number of anilines is 1. The number of hydrogen-bond donors (Lipinski definition) is 2. The molecule has 2 rings (SSSR count). The molecule has 25 heavy (non-hydrogen) atoms. The van der Waals surface area contributed by atoms with Crippen LogP contribution in [-0.2, 0) is 6.54 Å². The van der Waals surface area contributed by atoms with Gasteiger partial charge in [-0.1, -0.05) is 6.92 Å². The molecular formula is C18H19Br2NO4. The summed E-state index contributed by atoms with van der Waals surface area (Å²) in [5.74, 6) is 0.385. The molecule has 0 atom stereocenters. The average Bonchev–Trinajstić information content (AvgIpc) is 2.59. The lowest BCUT2D eigenvalue weighted by Crippen LogP contribution is -2.05. The zero-order chi connectivity index (χ0) is 18.4. The topological polar surface area (TPSA) is 67.8 Å². The zero-order valence-electron chi connectivity index (χ0n) is 13.9. The van der Waals surface area contributed by atoms with Gasteiger partial charge in [0.25, 0.3) is 0 Å². The van der Waals surface area contributed by atoms with E-state index >= 15 is 0 Å². The minimum absolute atomic E-state index is 0.203. The largest absolute Gasteiger partial charge is 0.495 e. The number of carbonyl (C=O) groups is 1. The first-order chi connectivity index (χ1) is 12.0. The monoisotopic (exact) mass is 471 g/mol. The van der Waals surface area contributed by atoms with Crippen LogP contribution in [0.25, 0.3) is 0 Å². The highest BCUT2D eigenvalue weighted by Crippen LogP contribution is 2.35. The minimum Gasteiger partial charge on any atom is -0.495 e. The van der Waals surface area contributed by atoms with Crippen LogP contribution >= 0.6 is 31.9 Å². The Labute approximate surface area is 163 Å². The molecule has 5 nitrogen and oxygen atoms in total. The number of carboxylic acids is 1. The molecule has 0 spiro atoms. The lowest BCUT2D eigenvalue weighted by atomic mass is 10.1. The molecule has 0 aromatic heterocycles. The summed E-state index contributed by atoms with van der Waals surface area (Å²) in [6, 6.07) is 8.65. The lowest BCUT2D eigenvalue weighted by molar-refractivity contribution is 0.0697. The Balaban J connectivity index is 2.18. The first-order valence-electron chi connectivity index (χ1n) is 7.72. The maximum absolute atomic E-state index is 11.1. The molecule has 0 fully saturated rings. The van der Waals surface area contributed by atoms with E-state index in [1.165, 1.54) is 6.07 Å². The van der Waals surface area contributed by atoms with Gasteiger partial charge in [-0.3, -0.25) is 0 Å². The molecule has 0 heterocycles. The van der Waals surface area contributed by atoms with Crippen molar-refractivity contribution in [2.45, 2.75) is 19.9 Å². The number of hydrogen-bond acceptors (Lipinski definition) is 4. The van der Waals surface area contributed by atoms with Crippen molar-refractivity contribution in [3.63, 3.8) is 0 Å². The summed E-state index contributed by atoms with van der Waals surface area (Å²) in [7, 11) is 1.55. The van der Waals surface area contributed by atoms with Crippen molar-refractivity contribution in [3.05, 3.63) is 50.4 Å². The van der Waals surface area contributed by atoms with Gasteiger partial charge >= 0.3 is 5.97 Å². The highest BCUT2D eigenvalue weighted by molar-refractivity contribution is 9.11. The molecule has 0 aliphatic carbocycles. The number of nitrogens with one attached hydrogen (secondary N) is 1. The molecule has 0 radical (unpaired) electrons. The predicted molar refractivity (Wildman–Crippen MR) is 105 cm³/mol. The summed E-state index contributed by atoms with van der Waals surface area (Å²) in [5, 5.41) is 12.4. The molecule has 2 N–H and O–H groups in total. The highest BCUT2D eigenvalue weighted by atomic mass is 79.9. The molecule has 134 valence electrons. The molecular weight excluding hydrogens is 454 g/mol. The third kappa shape index (κ3) is 5.12. The average molecular weight is 473 g/mol. The molecule has 0 unspecified atom stereocenters. The maximum Gasteiger partial charge on any atom is 0.335 e. The first kappa shape index (κ1) is 19.6. The fourth-order valence-corrected chi connectivity index (χ4v) is 3.74. The van der Waals surface area contributed by atoms with E-state index in [1.54, 1.807) is 19.2 Å². The van der Waals surface area contributed by atoms with E-state index in [-0.39, 0.29) is 5.56 Å². The second-order valence-corrected chi connectivity index (χ2v) is 7.02. The molecule has 0 aliphatic heterocycles. The summed E-state index contributed by atoms with van der Waals surface area (Å²) >= 11 is 7.06. The number of halogens is 2. The molecule has 2 aromatic rings. The SMILES string of the molecule is CCCOc1c(Br)cc(CNc2cc(C(=O)O)ccc2OC)cc1Br. The number of ether oxygens (including phenoxy) is 2. The van der Waals surface area contributed by atoms with Crippen molar-refractivity contribution in [2.24, 2.45) is 0 Å². The van der Waals surface area contributed by atoms with E-state index in [0.29, 0.717) is 24.6 Å². The first-order valence-corrected chi connectivity index (χ1v) is 9.30. The third-order valence-corrected chi connectivity index (χ3v) is 4.62. The van der Waals surface area contributed by atoms with Crippen molar-refractivity contribution in [3.8, 4) is 11.5 Å². The van der Waals surface area contributed by atoms with Crippen LogP contribution < -0.4 is 14.8 Å². The Kier molecular flexibility index (Phi) is 7.13. The Morgan fingerprint density at radius 3 is 2.44 bits per heavy atom. The van der Waals surface area contributed by atoms with Crippen molar-refractivity contribution in [1.29, 1.82) is 0 Å². The molecule has 0 amide bonds. The Bertz CT molecular complexity index is 742. The fraction of sp³-hybridized carbons (Fsp3) is 0.278. The Morgan fingerprint density at radius 2 is 1.88 bits per heavy atom. The van der Waals surface area contributed by atoms with E-state index in [4.69, 9.17) is 14.6 Å². The molecule has 7 heteroatoms. The van der Waals surface area contributed by atoms with Gasteiger partial charge in [0, 0.05) is 6.54 Å². The van der Waals surface area contributed by atoms with Crippen molar-refractivity contribution in [1.82, 2.24) is 0 Å². The van der Waals surface area contributed by atoms with Crippen molar-refractivity contribution >= 4 is 43.5 Å². The Morgan fingerprint density at radius 1 is 1.20 bits per heavy atom. The molecule has 0 aliphatic rings. The van der Waals surface area contributed by atoms with Gasteiger partial charge in [0.15, 0.2) is 0 Å². The third-order valence-electron chi connectivity index (χ3n) is 3.44. The minimum atomic E-state index is -0.978. The number of rotatable bonds is 8. The molecule has 0 saturated carbocycles. The summed E-state index contributed by atoms with van der Waals surface area (Å²) in [6.07, 6.45) is 0.932. The highest BCUT2D eigenvalue weighted by Gasteiger charge is 2.11. The lowest BCUT2D eigenvalue weighted by Gasteiger charge is -2.14. The van der Waals surface area contributed by atoms with Gasteiger partial charge in [-0.25, -0.2) is 4.79 Å². The molecule has 0 saturated heterocycles. The van der Waals surface area contributed by atoms with Crippen LogP contribution in [0.4, 0.5) is 5.69 Å². The maximum atomic E-state index is 11.1. The molecule has 0 bridgehead atoms. The van der Waals surface area contributed by atoms with Gasteiger partial charge in [-0.15, -0.1) is 0 Å². The van der Waals surface area contributed by atoms with E-state index in [0.717, 1.165) is 26.7 Å². The second-order valence-electron chi connectivity index (χ2n) is 5.31. The van der Waals surface area contributed by atoms with E-state index in [1.807, 2.05) is 12.1 Å². The number of aromatic carboxylic acids is 1. The van der Waals surface area contributed by atoms with Gasteiger partial charge in [0.2, 0.25) is 0 Å². The van der Waals surface area contributed by atoms with Gasteiger partial charge in [-0.2, -0.15) is 0 Å². The summed E-state index contributed by atoms with van der Waals surface area (Å²) in [5.41, 5.74) is 1.83. The summed E-state index contributed by atoms with van der Waals surface area (Å²) < 4.78 is 12.7. The van der Waals surface area contributed by atoms with E-state index < -0.39 is 5.97 Å². The fourth-order valence-electron chi connectivity index (χ4n) is 2.23. The van der Waals surface area contributed by atoms with Crippen LogP contribution in [0, 0.1) is 0 Å². The number of methoxy groups -OCH3 is 1. The Hall–Kier alpha value is -1.73. The van der Waals surface area contributed by atoms with Crippen LogP contribution in [0.2, 0.25) is 0 Å². The normalized spacial score (nSPS) is 10.4. The summed E-state index contributed by atoms with van der Waals surface area (Å²) in [6.45, 7) is 3.21. The van der Waals surface area contributed by atoms with Gasteiger partial charge in [0.1, 0.15) is 11.5 Å². The predicted octanol–water partition coefficient (Wildman–Crippen LogP) is 5.32. The smallest absolute Gasteiger partial charge is 0.335 e. The molecule has 2 aromatic carbocycles. The van der Waals surface area contributed by atoms with E-state index in [2.05, 4.69) is 44.1 Å². The van der Waals surface area contributed by atoms with Crippen LogP contribution in [0.5, 0.6) is 11.5 Å². The van der Waals surface area contributed by atoms with Crippen molar-refractivity contribution < 1.29 is 19.4 Å². The number of benzene rings is 2. The number of carboxylic acid groups (broad SMARTS) is 1. The van der Waals surface area contributed by atoms with Gasteiger partial charge in [-0.05, 0) is 74.2 Å². The van der Waals surface area contributed by atoms with Gasteiger partial charge < -0.3 is 19.9 Å². The second kappa shape index (κ2) is 9.10. The zero-order valence-corrected chi connectivity index (χ0v) is 17.1. The van der Waals surface area contributed by atoms with Crippen LogP contribution in [-0.4, -0.2) is 24.8 Å². The van der Waals surface area contributed by atoms with Crippen LogP contribution in [0.15, 0.2) is 39.3 Å². The van der Waals surface area contributed by atoms with Crippen LogP contribution in [0.3, 0.4) is 0 Å². The summed E-state index contributed by atoms with van der Waals surface area (Å²) in [4.78, 5) is 11.1. The van der Waals surface area contributed by atoms with Gasteiger partial charge in [0.05, 0.1) is 33.9 Å². The van der Waals surface area contributed by atoms with E-state index in [9.17, 15) is 4.79 Å². The van der Waals surface area contributed by atoms with Crippen LogP contribution in [0.1, 0.15) is 29.3 Å². The standard InChI is InChI=1S/C18H19Br2NO4/c1-3-6-25-17-13(19)7-11(8-14(17)20)10-21-15-9-12(18(22)23)4-5-16(15)24-2/h4-5,7-9,21H,3,6,10H2,1-2H3,(H,22,23). The van der Waals surface area contributed by atoms with Crippen molar-refractivity contribution in [2.75, 3.05) is 19.0 Å².